The Morgan fingerprint density at radius 1 is 1.69 bits per heavy atom. The monoisotopic (exact) mass is 246 g/mol. The first-order valence-corrected chi connectivity index (χ1v) is 5.64. The zero-order chi connectivity index (χ0) is 12.0. The Bertz CT molecular complexity index is 342. The molecule has 1 rings (SSSR count). The van der Waals surface area contributed by atoms with E-state index >= 15 is 0 Å². The second kappa shape index (κ2) is 6.36. The number of nitrogens with one attached hydrogen (secondary N) is 2. The molecule has 0 aliphatic carbocycles. The van der Waals surface area contributed by atoms with Crippen molar-refractivity contribution < 1.29 is 10.0 Å². The number of thiazole rings is 1. The average Bonchev–Trinajstić information content (AvgIpc) is 2.65. The van der Waals surface area contributed by atoms with Gasteiger partial charge in [-0.1, -0.05) is 0 Å². The van der Waals surface area contributed by atoms with Crippen molar-refractivity contribution >= 4 is 21.5 Å². The van der Waals surface area contributed by atoms with Crippen LogP contribution in [0.15, 0.2) is 6.20 Å². The van der Waals surface area contributed by atoms with Crippen LogP contribution in [0.3, 0.4) is 0 Å². The summed E-state index contributed by atoms with van der Waals surface area (Å²) in [5.74, 6) is 0. The summed E-state index contributed by atoms with van der Waals surface area (Å²) in [6, 6.07) is 0. The van der Waals surface area contributed by atoms with E-state index in [9.17, 15) is 10.1 Å². The third-order valence-corrected chi connectivity index (χ3v) is 2.60. The minimum Gasteiger partial charge on any atom is -0.392 e. The Kier molecular flexibility index (Phi) is 5.09. The van der Waals surface area contributed by atoms with Gasteiger partial charge < -0.3 is 15.7 Å². The minimum absolute atomic E-state index is 0.0273. The van der Waals surface area contributed by atoms with Crippen molar-refractivity contribution in [2.75, 3.05) is 25.0 Å². The fraction of sp³-hybridized carbons (Fsp3) is 0.625. The maximum absolute atomic E-state index is 10.4. The molecule has 0 radical (unpaired) electrons. The van der Waals surface area contributed by atoms with E-state index in [0.29, 0.717) is 24.8 Å². The van der Waals surface area contributed by atoms with Crippen molar-refractivity contribution in [1.29, 1.82) is 0 Å². The summed E-state index contributed by atoms with van der Waals surface area (Å²) in [6.07, 6.45) is 0.858. The number of nitrogens with zero attached hydrogens (tertiary/aromatic N) is 2. The van der Waals surface area contributed by atoms with Gasteiger partial charge in [0.25, 0.3) is 0 Å². The molecular weight excluding hydrogens is 232 g/mol. The molecule has 3 N–H and O–H groups in total. The van der Waals surface area contributed by atoms with Crippen LogP contribution in [0.5, 0.6) is 0 Å². The van der Waals surface area contributed by atoms with Crippen molar-refractivity contribution in [1.82, 2.24) is 10.3 Å². The number of nitro groups is 1. The SMILES string of the molecule is CC(O)CNCCNc1ncc([N+](=O)[O-])s1. The third-order valence-electron chi connectivity index (χ3n) is 1.69. The predicted molar refractivity (Wildman–Crippen MR) is 61.8 cm³/mol. The van der Waals surface area contributed by atoms with Crippen LogP contribution in [-0.2, 0) is 0 Å². The lowest BCUT2D eigenvalue weighted by Crippen LogP contribution is -2.28. The molecule has 1 unspecified atom stereocenters. The van der Waals surface area contributed by atoms with E-state index in [-0.39, 0.29) is 11.1 Å². The van der Waals surface area contributed by atoms with E-state index in [1.165, 1.54) is 6.20 Å². The van der Waals surface area contributed by atoms with Gasteiger partial charge in [0.1, 0.15) is 6.20 Å². The first-order valence-electron chi connectivity index (χ1n) is 4.82. The molecule has 0 saturated heterocycles. The second-order valence-corrected chi connectivity index (χ2v) is 4.25. The predicted octanol–water partition coefficient (Wildman–Crippen LogP) is 0.434. The van der Waals surface area contributed by atoms with Gasteiger partial charge in [0.2, 0.25) is 0 Å². The summed E-state index contributed by atoms with van der Waals surface area (Å²) in [6.45, 7) is 3.50. The zero-order valence-electron chi connectivity index (χ0n) is 8.84. The molecule has 0 aromatic carbocycles. The molecule has 0 fully saturated rings. The molecule has 0 saturated carbocycles. The summed E-state index contributed by atoms with van der Waals surface area (Å²) in [5.41, 5.74) is 0. The van der Waals surface area contributed by atoms with E-state index < -0.39 is 4.92 Å². The smallest absolute Gasteiger partial charge is 0.345 e. The second-order valence-electron chi connectivity index (χ2n) is 3.24. The normalized spacial score (nSPS) is 12.4. The number of hydrogen-bond acceptors (Lipinski definition) is 7. The molecule has 0 bridgehead atoms. The van der Waals surface area contributed by atoms with Crippen molar-refractivity contribution in [3.8, 4) is 0 Å². The Hall–Kier alpha value is -1.25. The topological polar surface area (TPSA) is 100 Å². The van der Waals surface area contributed by atoms with E-state index in [2.05, 4.69) is 15.6 Å². The lowest BCUT2D eigenvalue weighted by Gasteiger charge is -2.06. The summed E-state index contributed by atoms with van der Waals surface area (Å²) < 4.78 is 0. The summed E-state index contributed by atoms with van der Waals surface area (Å²) in [4.78, 5) is 13.8. The highest BCUT2D eigenvalue weighted by Crippen LogP contribution is 2.24. The first-order chi connectivity index (χ1) is 7.59. The summed E-state index contributed by atoms with van der Waals surface area (Å²) >= 11 is 1.01. The van der Waals surface area contributed by atoms with Crippen LogP contribution in [0.2, 0.25) is 0 Å². The van der Waals surface area contributed by atoms with Crippen molar-refractivity contribution in [3.05, 3.63) is 16.3 Å². The number of aromatic nitrogens is 1. The standard InChI is InChI=1S/C8H14N4O3S/c1-6(13)4-9-2-3-10-8-11-5-7(16-8)12(14)15/h5-6,9,13H,2-4H2,1H3,(H,10,11). The third kappa shape index (κ3) is 4.51. The molecule has 1 heterocycles. The van der Waals surface area contributed by atoms with E-state index in [0.717, 1.165) is 11.3 Å². The van der Waals surface area contributed by atoms with Crippen LogP contribution in [-0.4, -0.2) is 40.8 Å². The Labute approximate surface area is 96.7 Å². The Morgan fingerprint density at radius 3 is 3.00 bits per heavy atom. The van der Waals surface area contributed by atoms with Gasteiger partial charge in [0.15, 0.2) is 5.13 Å². The van der Waals surface area contributed by atoms with Gasteiger partial charge in [0, 0.05) is 19.6 Å². The summed E-state index contributed by atoms with van der Waals surface area (Å²) in [7, 11) is 0. The van der Waals surface area contributed by atoms with Gasteiger partial charge >= 0.3 is 5.00 Å². The van der Waals surface area contributed by atoms with Crippen LogP contribution < -0.4 is 10.6 Å². The van der Waals surface area contributed by atoms with Gasteiger partial charge in [-0.05, 0) is 18.3 Å². The molecule has 0 aliphatic heterocycles. The molecular formula is C8H14N4O3S. The average molecular weight is 246 g/mol. The number of aliphatic hydroxyl groups is 1. The molecule has 7 nitrogen and oxygen atoms in total. The van der Waals surface area contributed by atoms with Gasteiger partial charge in [0.05, 0.1) is 11.0 Å². The highest BCUT2D eigenvalue weighted by molar-refractivity contribution is 7.18. The fourth-order valence-electron chi connectivity index (χ4n) is 1.00. The zero-order valence-corrected chi connectivity index (χ0v) is 9.66. The van der Waals surface area contributed by atoms with Crippen molar-refractivity contribution in [3.63, 3.8) is 0 Å². The lowest BCUT2D eigenvalue weighted by molar-refractivity contribution is -0.380. The van der Waals surface area contributed by atoms with E-state index in [4.69, 9.17) is 5.11 Å². The molecule has 8 heteroatoms. The lowest BCUT2D eigenvalue weighted by atomic mass is 10.4. The van der Waals surface area contributed by atoms with Crippen LogP contribution in [0.1, 0.15) is 6.92 Å². The van der Waals surface area contributed by atoms with Gasteiger partial charge in [-0.25, -0.2) is 4.98 Å². The van der Waals surface area contributed by atoms with Gasteiger partial charge in [-0.3, -0.25) is 10.1 Å². The number of anilines is 1. The Balaban J connectivity index is 2.19. The van der Waals surface area contributed by atoms with Crippen LogP contribution in [0, 0.1) is 10.1 Å². The molecule has 0 amide bonds. The van der Waals surface area contributed by atoms with Crippen LogP contribution in [0.4, 0.5) is 10.1 Å². The number of rotatable bonds is 7. The fourth-order valence-corrected chi connectivity index (χ4v) is 1.66. The maximum Gasteiger partial charge on any atom is 0.345 e. The molecule has 0 aliphatic rings. The highest BCUT2D eigenvalue weighted by atomic mass is 32.1. The van der Waals surface area contributed by atoms with Crippen LogP contribution in [0.25, 0.3) is 0 Å². The maximum atomic E-state index is 10.4. The Morgan fingerprint density at radius 2 is 2.44 bits per heavy atom. The van der Waals surface area contributed by atoms with Crippen LogP contribution >= 0.6 is 11.3 Å². The molecule has 1 aromatic rings. The largest absolute Gasteiger partial charge is 0.392 e. The van der Waals surface area contributed by atoms with Gasteiger partial charge in [-0.15, -0.1) is 0 Å². The van der Waals surface area contributed by atoms with E-state index in [1.807, 2.05) is 0 Å². The van der Waals surface area contributed by atoms with Crippen molar-refractivity contribution in [2.24, 2.45) is 0 Å². The number of hydrogen-bond donors (Lipinski definition) is 3. The first kappa shape index (κ1) is 12.8. The highest BCUT2D eigenvalue weighted by Gasteiger charge is 2.10. The molecule has 90 valence electrons. The van der Waals surface area contributed by atoms with Gasteiger partial charge in [-0.2, -0.15) is 0 Å². The van der Waals surface area contributed by atoms with E-state index in [1.54, 1.807) is 6.92 Å². The number of aliphatic hydroxyl groups excluding tert-OH is 1. The van der Waals surface area contributed by atoms with Crippen molar-refractivity contribution in [2.45, 2.75) is 13.0 Å². The molecule has 1 atom stereocenters. The molecule has 16 heavy (non-hydrogen) atoms. The minimum atomic E-state index is -0.464. The quantitative estimate of drug-likeness (QED) is 0.366. The summed E-state index contributed by atoms with van der Waals surface area (Å²) in [5, 5.41) is 25.9. The molecule has 0 spiro atoms. The molecule has 1 aromatic heterocycles.